The summed E-state index contributed by atoms with van der Waals surface area (Å²) in [5.74, 6) is -1.26. The summed E-state index contributed by atoms with van der Waals surface area (Å²) >= 11 is 0. The van der Waals surface area contributed by atoms with E-state index < -0.39 is 11.7 Å². The fourth-order valence-corrected chi connectivity index (χ4v) is 1.18. The number of nitrogens with zero attached hydrogens (tertiary/aromatic N) is 3. The molecule has 0 radical (unpaired) electrons. The quantitative estimate of drug-likeness (QED) is 0.808. The van der Waals surface area contributed by atoms with E-state index in [1.54, 1.807) is 6.07 Å². The summed E-state index contributed by atoms with van der Waals surface area (Å²) < 4.78 is 13.4. The van der Waals surface area contributed by atoms with Crippen LogP contribution in [0.15, 0.2) is 24.4 Å². The van der Waals surface area contributed by atoms with E-state index >= 15 is 0 Å². The summed E-state index contributed by atoms with van der Waals surface area (Å²) in [6.45, 7) is 0. The van der Waals surface area contributed by atoms with Crippen LogP contribution < -0.4 is 5.32 Å². The van der Waals surface area contributed by atoms with Crippen molar-refractivity contribution in [3.05, 3.63) is 41.5 Å². The second-order valence-corrected chi connectivity index (χ2v) is 3.12. The Labute approximate surface area is 95.1 Å². The highest BCUT2D eigenvalue weighted by Gasteiger charge is 2.11. The summed E-state index contributed by atoms with van der Waals surface area (Å²) in [5, 5.41) is 20.2. The van der Waals surface area contributed by atoms with E-state index in [1.807, 2.05) is 0 Å². The molecule has 1 aromatic carbocycles. The Morgan fingerprint density at radius 1 is 1.53 bits per heavy atom. The summed E-state index contributed by atoms with van der Waals surface area (Å²) in [5.41, 5.74) is 0.215. The molecule has 0 aliphatic carbocycles. The number of rotatable bonds is 2. The van der Waals surface area contributed by atoms with E-state index in [0.29, 0.717) is 0 Å². The lowest BCUT2D eigenvalue weighted by Crippen LogP contribution is -2.13. The van der Waals surface area contributed by atoms with Gasteiger partial charge in [-0.2, -0.15) is 20.7 Å². The predicted octanol–water partition coefficient (Wildman–Crippen LogP) is 1.07. The Hall–Kier alpha value is -2.75. The van der Waals surface area contributed by atoms with Gasteiger partial charge in [-0.3, -0.25) is 4.79 Å². The zero-order valence-corrected chi connectivity index (χ0v) is 8.44. The van der Waals surface area contributed by atoms with Crippen LogP contribution in [0.2, 0.25) is 0 Å². The van der Waals surface area contributed by atoms with Gasteiger partial charge >= 0.3 is 0 Å². The highest BCUT2D eigenvalue weighted by molar-refractivity contribution is 6.02. The molecule has 0 aliphatic heterocycles. The van der Waals surface area contributed by atoms with Crippen LogP contribution in [0.5, 0.6) is 0 Å². The first-order valence-electron chi connectivity index (χ1n) is 4.57. The Morgan fingerprint density at radius 3 is 2.94 bits per heavy atom. The number of nitriles is 1. The number of nitrogens with one attached hydrogen (secondary N) is 2. The molecule has 2 N–H and O–H groups in total. The van der Waals surface area contributed by atoms with Crippen molar-refractivity contribution < 1.29 is 9.18 Å². The molecule has 0 saturated carbocycles. The van der Waals surface area contributed by atoms with Crippen molar-refractivity contribution in [3.8, 4) is 6.07 Å². The van der Waals surface area contributed by atoms with Crippen molar-refractivity contribution in [3.63, 3.8) is 0 Å². The minimum atomic E-state index is -0.680. The third-order valence-corrected chi connectivity index (χ3v) is 1.99. The van der Waals surface area contributed by atoms with Crippen LogP contribution in [-0.4, -0.2) is 21.3 Å². The van der Waals surface area contributed by atoms with Crippen LogP contribution in [0.25, 0.3) is 0 Å². The molecule has 0 bridgehead atoms. The number of halogens is 1. The minimum Gasteiger partial charge on any atom is -0.318 e. The number of hydrogen-bond acceptors (Lipinski definition) is 4. The molecule has 1 heterocycles. The third kappa shape index (κ3) is 2.26. The van der Waals surface area contributed by atoms with Gasteiger partial charge in [0.2, 0.25) is 0 Å². The number of anilines is 1. The highest BCUT2D eigenvalue weighted by atomic mass is 19.1. The Morgan fingerprint density at radius 2 is 2.35 bits per heavy atom. The van der Waals surface area contributed by atoms with Crippen molar-refractivity contribution in [2.45, 2.75) is 0 Å². The van der Waals surface area contributed by atoms with Crippen molar-refractivity contribution >= 4 is 11.6 Å². The molecule has 0 unspecified atom stereocenters. The lowest BCUT2D eigenvalue weighted by Gasteiger charge is -2.04. The topological polar surface area (TPSA) is 94.5 Å². The summed E-state index contributed by atoms with van der Waals surface area (Å²) in [4.78, 5) is 11.5. The van der Waals surface area contributed by atoms with Crippen LogP contribution in [-0.2, 0) is 0 Å². The molecule has 0 aliphatic rings. The first-order valence-corrected chi connectivity index (χ1v) is 4.57. The van der Waals surface area contributed by atoms with Crippen molar-refractivity contribution in [1.82, 2.24) is 15.4 Å². The maximum Gasteiger partial charge on any atom is 0.277 e. The van der Waals surface area contributed by atoms with Gasteiger partial charge in [-0.05, 0) is 18.2 Å². The van der Waals surface area contributed by atoms with Gasteiger partial charge < -0.3 is 5.32 Å². The van der Waals surface area contributed by atoms with Crippen LogP contribution in [0, 0.1) is 17.1 Å². The average Bonchev–Trinajstić information content (AvgIpc) is 2.85. The van der Waals surface area contributed by atoms with Crippen molar-refractivity contribution in [2.24, 2.45) is 0 Å². The second-order valence-electron chi connectivity index (χ2n) is 3.12. The zero-order valence-electron chi connectivity index (χ0n) is 8.44. The summed E-state index contributed by atoms with van der Waals surface area (Å²) in [6, 6.07) is 5.55. The molecule has 0 fully saturated rings. The molecule has 2 rings (SSSR count). The number of aromatic nitrogens is 3. The van der Waals surface area contributed by atoms with Gasteiger partial charge in [0.15, 0.2) is 5.69 Å². The van der Waals surface area contributed by atoms with E-state index in [0.717, 1.165) is 6.07 Å². The van der Waals surface area contributed by atoms with E-state index in [-0.39, 0.29) is 16.9 Å². The van der Waals surface area contributed by atoms with E-state index in [9.17, 15) is 9.18 Å². The van der Waals surface area contributed by atoms with Crippen LogP contribution in [0.3, 0.4) is 0 Å². The van der Waals surface area contributed by atoms with Gasteiger partial charge in [0.05, 0.1) is 23.5 Å². The molecule has 0 saturated heterocycles. The average molecular weight is 231 g/mol. The SMILES string of the molecule is N#Cc1ccc(NC(=O)c2cn[nH]n2)c(F)c1. The number of benzene rings is 1. The first kappa shape index (κ1) is 10.8. The molecular weight excluding hydrogens is 225 g/mol. The van der Waals surface area contributed by atoms with Gasteiger partial charge in [-0.1, -0.05) is 0 Å². The molecular formula is C10H6FN5O. The summed E-state index contributed by atoms with van der Waals surface area (Å²) in [7, 11) is 0. The minimum absolute atomic E-state index is 0.0167. The maximum atomic E-state index is 13.4. The van der Waals surface area contributed by atoms with Gasteiger partial charge in [0, 0.05) is 0 Å². The normalized spacial score (nSPS) is 9.65. The third-order valence-electron chi connectivity index (χ3n) is 1.99. The molecule has 0 atom stereocenters. The van der Waals surface area contributed by atoms with Crippen LogP contribution in [0.1, 0.15) is 16.1 Å². The lowest BCUT2D eigenvalue weighted by atomic mass is 10.2. The Bertz CT molecular complexity index is 587. The monoisotopic (exact) mass is 231 g/mol. The number of H-pyrrole nitrogens is 1. The fourth-order valence-electron chi connectivity index (χ4n) is 1.18. The Balaban J connectivity index is 2.20. The van der Waals surface area contributed by atoms with E-state index in [1.165, 1.54) is 18.3 Å². The van der Waals surface area contributed by atoms with Gasteiger partial charge in [-0.25, -0.2) is 4.39 Å². The maximum absolute atomic E-state index is 13.4. The number of hydrogen-bond donors (Lipinski definition) is 2. The van der Waals surface area contributed by atoms with Gasteiger partial charge in [0.25, 0.3) is 5.91 Å². The van der Waals surface area contributed by atoms with E-state index in [4.69, 9.17) is 5.26 Å². The standard InChI is InChI=1S/C10H6FN5O/c11-7-3-6(4-12)1-2-8(7)14-10(17)9-5-13-16-15-9/h1-3,5H,(H,14,17)(H,13,15,16). The van der Waals surface area contributed by atoms with Crippen LogP contribution >= 0.6 is 0 Å². The molecule has 1 aromatic heterocycles. The number of carbonyl (C=O) groups excluding carboxylic acids is 1. The molecule has 84 valence electrons. The molecule has 6 nitrogen and oxygen atoms in total. The van der Waals surface area contributed by atoms with Gasteiger partial charge in [-0.15, -0.1) is 0 Å². The Kier molecular flexibility index (Phi) is 2.79. The lowest BCUT2D eigenvalue weighted by molar-refractivity contribution is 0.102. The van der Waals surface area contributed by atoms with Crippen LogP contribution in [0.4, 0.5) is 10.1 Å². The van der Waals surface area contributed by atoms with Gasteiger partial charge in [0.1, 0.15) is 5.82 Å². The first-order chi connectivity index (χ1) is 8.20. The molecule has 7 heteroatoms. The molecule has 2 aromatic rings. The number of aromatic amines is 1. The predicted molar refractivity (Wildman–Crippen MR) is 55.5 cm³/mol. The molecule has 1 amide bonds. The molecule has 17 heavy (non-hydrogen) atoms. The number of carbonyl (C=O) groups is 1. The van der Waals surface area contributed by atoms with E-state index in [2.05, 4.69) is 20.7 Å². The van der Waals surface area contributed by atoms with Crippen molar-refractivity contribution in [1.29, 1.82) is 5.26 Å². The smallest absolute Gasteiger partial charge is 0.277 e. The molecule has 0 spiro atoms. The number of amides is 1. The highest BCUT2D eigenvalue weighted by Crippen LogP contribution is 2.15. The second kappa shape index (κ2) is 4.40. The van der Waals surface area contributed by atoms with Crippen molar-refractivity contribution in [2.75, 3.05) is 5.32 Å². The zero-order chi connectivity index (χ0) is 12.3. The fraction of sp³-hybridized carbons (Fsp3) is 0. The largest absolute Gasteiger partial charge is 0.318 e. The summed E-state index contributed by atoms with van der Waals surface area (Å²) in [6.07, 6.45) is 1.22.